The number of imidazole rings is 1. The molecule has 1 heterocycles. The fraction of sp³-hybridized carbons (Fsp3) is 0.462. The first-order valence-corrected chi connectivity index (χ1v) is 5.81. The molecule has 1 atom stereocenters. The van der Waals surface area contributed by atoms with E-state index in [1.54, 1.807) is 0 Å². The molecule has 0 aliphatic rings. The van der Waals surface area contributed by atoms with Gasteiger partial charge in [-0.2, -0.15) is 0 Å². The van der Waals surface area contributed by atoms with Crippen LogP contribution in [0.4, 0.5) is 0 Å². The molecule has 1 aromatic heterocycles. The van der Waals surface area contributed by atoms with Crippen LogP contribution >= 0.6 is 0 Å². The summed E-state index contributed by atoms with van der Waals surface area (Å²) in [7, 11) is 0. The Balaban J connectivity index is 2.59. The number of aromatic nitrogens is 2. The van der Waals surface area contributed by atoms with E-state index in [9.17, 15) is 0 Å². The van der Waals surface area contributed by atoms with Crippen LogP contribution in [-0.4, -0.2) is 16.1 Å². The summed E-state index contributed by atoms with van der Waals surface area (Å²) in [5.41, 5.74) is 10.6. The molecule has 0 unspecified atom stereocenters. The Kier molecular flexibility index (Phi) is 2.97. The standard InChI is InChI=1S/C13H19N3/c1-4-11(7-14)16-8-15-12-5-9(2)10(3)6-13(12)16/h5-6,8,11H,4,7,14H2,1-3H3/t11-/m1/s1. The van der Waals surface area contributed by atoms with Crippen molar-refractivity contribution >= 4 is 11.0 Å². The number of rotatable bonds is 3. The molecule has 1 aromatic carbocycles. The van der Waals surface area contributed by atoms with E-state index in [0.717, 1.165) is 11.9 Å². The zero-order chi connectivity index (χ0) is 11.7. The minimum Gasteiger partial charge on any atom is -0.328 e. The predicted molar refractivity (Wildman–Crippen MR) is 67.6 cm³/mol. The molecule has 2 aromatic rings. The average Bonchev–Trinajstić information content (AvgIpc) is 2.65. The Hall–Kier alpha value is -1.35. The summed E-state index contributed by atoms with van der Waals surface area (Å²) < 4.78 is 2.20. The van der Waals surface area contributed by atoms with Gasteiger partial charge in [0.05, 0.1) is 17.4 Å². The van der Waals surface area contributed by atoms with Gasteiger partial charge in [-0.05, 0) is 43.5 Å². The summed E-state index contributed by atoms with van der Waals surface area (Å²) in [4.78, 5) is 4.44. The maximum atomic E-state index is 5.78. The van der Waals surface area contributed by atoms with E-state index in [0.29, 0.717) is 12.6 Å². The number of nitrogens with zero attached hydrogens (tertiary/aromatic N) is 2. The largest absolute Gasteiger partial charge is 0.328 e. The summed E-state index contributed by atoms with van der Waals surface area (Å²) in [6.07, 6.45) is 2.94. The number of nitrogens with two attached hydrogens (primary N) is 1. The molecule has 0 radical (unpaired) electrons. The second-order valence-electron chi connectivity index (χ2n) is 4.37. The highest BCUT2D eigenvalue weighted by atomic mass is 15.1. The maximum absolute atomic E-state index is 5.78. The van der Waals surface area contributed by atoms with Crippen molar-refractivity contribution in [3.63, 3.8) is 0 Å². The minimum atomic E-state index is 0.354. The lowest BCUT2D eigenvalue weighted by molar-refractivity contribution is 0.508. The normalized spacial score (nSPS) is 13.2. The van der Waals surface area contributed by atoms with E-state index in [4.69, 9.17) is 5.73 Å². The molecule has 3 nitrogen and oxygen atoms in total. The van der Waals surface area contributed by atoms with Crippen molar-refractivity contribution in [1.29, 1.82) is 0 Å². The van der Waals surface area contributed by atoms with Crippen molar-refractivity contribution in [3.8, 4) is 0 Å². The van der Waals surface area contributed by atoms with Gasteiger partial charge in [0.2, 0.25) is 0 Å². The molecule has 86 valence electrons. The van der Waals surface area contributed by atoms with Gasteiger partial charge in [-0.15, -0.1) is 0 Å². The average molecular weight is 217 g/mol. The molecule has 0 aliphatic heterocycles. The molecule has 0 bridgehead atoms. The molecule has 0 saturated heterocycles. The number of hydrogen-bond acceptors (Lipinski definition) is 2. The Morgan fingerprint density at radius 2 is 2.00 bits per heavy atom. The van der Waals surface area contributed by atoms with Crippen LogP contribution in [-0.2, 0) is 0 Å². The summed E-state index contributed by atoms with van der Waals surface area (Å²) in [5, 5.41) is 0. The van der Waals surface area contributed by atoms with Gasteiger partial charge < -0.3 is 10.3 Å². The highest BCUT2D eigenvalue weighted by molar-refractivity contribution is 5.77. The molecule has 0 saturated carbocycles. The molecular formula is C13H19N3. The van der Waals surface area contributed by atoms with Gasteiger partial charge in [0.15, 0.2) is 0 Å². The first kappa shape index (κ1) is 11.1. The van der Waals surface area contributed by atoms with Crippen LogP contribution in [0.2, 0.25) is 0 Å². The fourth-order valence-corrected chi connectivity index (χ4v) is 2.05. The van der Waals surface area contributed by atoms with Gasteiger partial charge in [-0.3, -0.25) is 0 Å². The van der Waals surface area contributed by atoms with Crippen LogP contribution in [0, 0.1) is 13.8 Å². The Morgan fingerprint density at radius 1 is 1.31 bits per heavy atom. The number of benzene rings is 1. The second kappa shape index (κ2) is 4.26. The highest BCUT2D eigenvalue weighted by Crippen LogP contribution is 2.22. The van der Waals surface area contributed by atoms with E-state index in [-0.39, 0.29) is 0 Å². The lowest BCUT2D eigenvalue weighted by atomic mass is 10.1. The molecule has 2 N–H and O–H groups in total. The van der Waals surface area contributed by atoms with Crippen molar-refractivity contribution < 1.29 is 0 Å². The molecule has 0 amide bonds. The van der Waals surface area contributed by atoms with Crippen molar-refractivity contribution in [2.24, 2.45) is 5.73 Å². The zero-order valence-corrected chi connectivity index (χ0v) is 10.2. The summed E-state index contributed by atoms with van der Waals surface area (Å²) in [6.45, 7) is 7.07. The van der Waals surface area contributed by atoms with Crippen molar-refractivity contribution in [1.82, 2.24) is 9.55 Å². The van der Waals surface area contributed by atoms with Crippen LogP contribution in [0.1, 0.15) is 30.5 Å². The lowest BCUT2D eigenvalue weighted by Crippen LogP contribution is -2.17. The molecule has 0 spiro atoms. The highest BCUT2D eigenvalue weighted by Gasteiger charge is 2.11. The third-order valence-electron chi connectivity index (χ3n) is 3.33. The maximum Gasteiger partial charge on any atom is 0.0961 e. The summed E-state index contributed by atoms with van der Waals surface area (Å²) >= 11 is 0. The number of fused-ring (bicyclic) bond motifs is 1. The third kappa shape index (κ3) is 1.71. The topological polar surface area (TPSA) is 43.8 Å². The smallest absolute Gasteiger partial charge is 0.0961 e. The SMILES string of the molecule is CC[C@H](CN)n1cnc2cc(C)c(C)cc21. The Labute approximate surface area is 96.3 Å². The predicted octanol–water partition coefficient (Wildman–Crippen LogP) is 2.56. The van der Waals surface area contributed by atoms with Gasteiger partial charge in [0.25, 0.3) is 0 Å². The van der Waals surface area contributed by atoms with Crippen molar-refractivity contribution in [2.75, 3.05) is 6.54 Å². The van der Waals surface area contributed by atoms with Crippen molar-refractivity contribution in [2.45, 2.75) is 33.2 Å². The second-order valence-corrected chi connectivity index (χ2v) is 4.37. The van der Waals surface area contributed by atoms with E-state index in [1.165, 1.54) is 16.6 Å². The van der Waals surface area contributed by atoms with Gasteiger partial charge in [-0.1, -0.05) is 6.92 Å². The molecular weight excluding hydrogens is 198 g/mol. The molecule has 0 fully saturated rings. The zero-order valence-electron chi connectivity index (χ0n) is 10.2. The number of aryl methyl sites for hydroxylation is 2. The van der Waals surface area contributed by atoms with Crippen LogP contribution in [0.3, 0.4) is 0 Å². The van der Waals surface area contributed by atoms with Crippen molar-refractivity contribution in [3.05, 3.63) is 29.6 Å². The summed E-state index contributed by atoms with van der Waals surface area (Å²) in [5.74, 6) is 0. The first-order valence-electron chi connectivity index (χ1n) is 5.81. The van der Waals surface area contributed by atoms with Gasteiger partial charge in [-0.25, -0.2) is 4.98 Å². The van der Waals surface area contributed by atoms with Crippen LogP contribution in [0.25, 0.3) is 11.0 Å². The van der Waals surface area contributed by atoms with E-state index in [1.807, 2.05) is 6.33 Å². The lowest BCUT2D eigenvalue weighted by Gasteiger charge is -2.15. The van der Waals surface area contributed by atoms with E-state index in [2.05, 4.69) is 42.5 Å². The minimum absolute atomic E-state index is 0.354. The fourth-order valence-electron chi connectivity index (χ4n) is 2.05. The molecule has 0 aliphatic carbocycles. The van der Waals surface area contributed by atoms with E-state index >= 15 is 0 Å². The summed E-state index contributed by atoms with van der Waals surface area (Å²) in [6, 6.07) is 4.70. The Morgan fingerprint density at radius 3 is 2.62 bits per heavy atom. The van der Waals surface area contributed by atoms with Gasteiger partial charge >= 0.3 is 0 Å². The van der Waals surface area contributed by atoms with Crippen LogP contribution < -0.4 is 5.73 Å². The molecule has 16 heavy (non-hydrogen) atoms. The van der Waals surface area contributed by atoms with Gasteiger partial charge in [0, 0.05) is 12.6 Å². The number of hydrogen-bond donors (Lipinski definition) is 1. The quantitative estimate of drug-likeness (QED) is 0.858. The molecule has 2 rings (SSSR count). The Bertz CT molecular complexity index is 495. The van der Waals surface area contributed by atoms with Crippen LogP contribution in [0.15, 0.2) is 18.5 Å². The third-order valence-corrected chi connectivity index (χ3v) is 3.33. The molecule has 3 heteroatoms. The monoisotopic (exact) mass is 217 g/mol. The first-order chi connectivity index (χ1) is 7.67. The van der Waals surface area contributed by atoms with Crippen LogP contribution in [0.5, 0.6) is 0 Å². The van der Waals surface area contributed by atoms with E-state index < -0.39 is 0 Å². The van der Waals surface area contributed by atoms with Gasteiger partial charge in [0.1, 0.15) is 0 Å².